The molecule has 0 spiro atoms. The third-order valence-corrected chi connectivity index (χ3v) is 4.15. The number of benzene rings is 2. The Morgan fingerprint density at radius 1 is 1.00 bits per heavy atom. The first-order chi connectivity index (χ1) is 11.9. The van der Waals surface area contributed by atoms with Crippen LogP contribution >= 0.6 is 0 Å². The Kier molecular flexibility index (Phi) is 4.36. The van der Waals surface area contributed by atoms with E-state index in [1.807, 2.05) is 36.4 Å². The molecule has 1 saturated heterocycles. The lowest BCUT2D eigenvalue weighted by Gasteiger charge is -2.31. The van der Waals surface area contributed by atoms with E-state index in [-0.39, 0.29) is 6.10 Å². The summed E-state index contributed by atoms with van der Waals surface area (Å²) in [5.41, 5.74) is 2.25. The lowest BCUT2D eigenvalue weighted by molar-refractivity contribution is -0.0475. The minimum Gasteiger partial charge on any atom is -0.366 e. The maximum Gasteiger partial charge on any atom is 0.257 e. The monoisotopic (exact) mass is 321 g/mol. The molecule has 0 bridgehead atoms. The fraction of sp³-hybridized carbons (Fsp3) is 0.263. The molecule has 122 valence electrons. The van der Waals surface area contributed by atoms with Crippen LogP contribution in [0, 0.1) is 0 Å². The van der Waals surface area contributed by atoms with Gasteiger partial charge in [0, 0.05) is 25.2 Å². The zero-order valence-electron chi connectivity index (χ0n) is 13.3. The number of hydrogen-bond donors (Lipinski definition) is 0. The molecule has 0 saturated carbocycles. The van der Waals surface area contributed by atoms with Crippen LogP contribution in [-0.4, -0.2) is 34.7 Å². The van der Waals surface area contributed by atoms with Crippen molar-refractivity contribution in [1.82, 2.24) is 15.0 Å². The summed E-state index contributed by atoms with van der Waals surface area (Å²) in [5.74, 6) is 1.15. The zero-order chi connectivity index (χ0) is 16.2. The second kappa shape index (κ2) is 6.95. The van der Waals surface area contributed by atoms with Gasteiger partial charge in [0.1, 0.15) is 6.10 Å². The van der Waals surface area contributed by atoms with Crippen molar-refractivity contribution in [3.05, 3.63) is 72.1 Å². The van der Waals surface area contributed by atoms with Gasteiger partial charge in [0.05, 0.1) is 6.61 Å². The van der Waals surface area contributed by atoms with Gasteiger partial charge < -0.3 is 9.26 Å². The van der Waals surface area contributed by atoms with Crippen LogP contribution in [0.2, 0.25) is 0 Å². The molecule has 5 nitrogen and oxygen atoms in total. The van der Waals surface area contributed by atoms with Crippen LogP contribution in [0.4, 0.5) is 0 Å². The molecule has 2 heterocycles. The molecule has 0 amide bonds. The number of morpholine rings is 1. The maximum absolute atomic E-state index is 5.84. The van der Waals surface area contributed by atoms with Crippen LogP contribution in [0.1, 0.15) is 17.6 Å². The Morgan fingerprint density at radius 3 is 2.54 bits per heavy atom. The average molecular weight is 321 g/mol. The minimum atomic E-state index is -0.174. The topological polar surface area (TPSA) is 51.4 Å². The summed E-state index contributed by atoms with van der Waals surface area (Å²) in [6.45, 7) is 3.23. The third-order valence-electron chi connectivity index (χ3n) is 4.15. The van der Waals surface area contributed by atoms with Crippen molar-refractivity contribution >= 4 is 0 Å². The Balaban J connectivity index is 1.45. The highest BCUT2D eigenvalue weighted by atomic mass is 16.5. The van der Waals surface area contributed by atoms with E-state index in [9.17, 15) is 0 Å². The molecule has 1 fully saturated rings. The first-order valence-corrected chi connectivity index (χ1v) is 8.15. The van der Waals surface area contributed by atoms with E-state index < -0.39 is 0 Å². The number of ether oxygens (including phenoxy) is 1. The lowest BCUT2D eigenvalue weighted by Crippen LogP contribution is -2.37. The molecule has 0 radical (unpaired) electrons. The molecule has 0 aliphatic carbocycles. The largest absolute Gasteiger partial charge is 0.366 e. The predicted molar refractivity (Wildman–Crippen MR) is 90.1 cm³/mol. The third kappa shape index (κ3) is 3.37. The van der Waals surface area contributed by atoms with E-state index in [2.05, 4.69) is 39.3 Å². The van der Waals surface area contributed by atoms with Crippen LogP contribution in [0.5, 0.6) is 0 Å². The number of aromatic nitrogens is 2. The molecule has 0 N–H and O–H groups in total. The number of hydrogen-bond acceptors (Lipinski definition) is 5. The molecule has 1 aliphatic rings. The number of nitrogens with zero attached hydrogens (tertiary/aromatic N) is 3. The highest BCUT2D eigenvalue weighted by molar-refractivity contribution is 5.53. The van der Waals surface area contributed by atoms with Crippen LogP contribution < -0.4 is 0 Å². The summed E-state index contributed by atoms with van der Waals surface area (Å²) >= 11 is 0. The summed E-state index contributed by atoms with van der Waals surface area (Å²) in [4.78, 5) is 6.87. The van der Waals surface area contributed by atoms with E-state index in [1.54, 1.807) is 0 Å². The zero-order valence-corrected chi connectivity index (χ0v) is 13.3. The molecule has 2 aromatic carbocycles. The summed E-state index contributed by atoms with van der Waals surface area (Å²) in [6.07, 6.45) is -0.174. The molecule has 24 heavy (non-hydrogen) atoms. The first-order valence-electron chi connectivity index (χ1n) is 8.15. The fourth-order valence-electron chi connectivity index (χ4n) is 2.91. The van der Waals surface area contributed by atoms with Crippen LogP contribution in [0.3, 0.4) is 0 Å². The van der Waals surface area contributed by atoms with Gasteiger partial charge in [0.25, 0.3) is 5.89 Å². The maximum atomic E-state index is 5.84. The van der Waals surface area contributed by atoms with Gasteiger partial charge in [-0.3, -0.25) is 4.90 Å². The molecule has 4 rings (SSSR count). The molecule has 0 unspecified atom stereocenters. The van der Waals surface area contributed by atoms with E-state index in [0.717, 1.165) is 25.2 Å². The van der Waals surface area contributed by atoms with Crippen molar-refractivity contribution in [2.75, 3.05) is 19.7 Å². The Bertz CT molecular complexity index is 774. The predicted octanol–water partition coefficient (Wildman–Crippen LogP) is 3.31. The van der Waals surface area contributed by atoms with Gasteiger partial charge in [-0.1, -0.05) is 65.8 Å². The molecular formula is C19H19N3O2. The molecule has 3 aromatic rings. The normalized spacial score (nSPS) is 18.6. The van der Waals surface area contributed by atoms with Crippen molar-refractivity contribution in [2.24, 2.45) is 0 Å². The van der Waals surface area contributed by atoms with Crippen molar-refractivity contribution in [1.29, 1.82) is 0 Å². The Morgan fingerprint density at radius 2 is 1.75 bits per heavy atom. The van der Waals surface area contributed by atoms with Crippen LogP contribution in [0.15, 0.2) is 65.2 Å². The average Bonchev–Trinajstić information content (AvgIpc) is 3.14. The molecule has 1 aromatic heterocycles. The molecular weight excluding hydrogens is 302 g/mol. The summed E-state index contributed by atoms with van der Waals surface area (Å²) < 4.78 is 11.3. The van der Waals surface area contributed by atoms with Gasteiger partial charge in [0.2, 0.25) is 5.82 Å². The quantitative estimate of drug-likeness (QED) is 0.738. The smallest absolute Gasteiger partial charge is 0.257 e. The van der Waals surface area contributed by atoms with E-state index in [4.69, 9.17) is 9.26 Å². The van der Waals surface area contributed by atoms with Gasteiger partial charge in [-0.2, -0.15) is 4.98 Å². The summed E-state index contributed by atoms with van der Waals surface area (Å²) in [7, 11) is 0. The molecule has 1 atom stereocenters. The lowest BCUT2D eigenvalue weighted by atomic mass is 10.2. The van der Waals surface area contributed by atoms with E-state index in [0.29, 0.717) is 18.3 Å². The van der Waals surface area contributed by atoms with Crippen molar-refractivity contribution in [3.63, 3.8) is 0 Å². The standard InChI is InChI=1S/C19H19N3O2/c1-3-7-15(8-4-1)13-22-11-12-23-17(14-22)19-20-18(21-24-19)16-9-5-2-6-10-16/h1-10,17H,11-14H2/t17-/m1/s1. The Hall–Kier alpha value is -2.50. The highest BCUT2D eigenvalue weighted by Gasteiger charge is 2.27. The second-order valence-corrected chi connectivity index (χ2v) is 5.90. The molecule has 5 heteroatoms. The van der Waals surface area contributed by atoms with Gasteiger partial charge in [-0.05, 0) is 5.56 Å². The van der Waals surface area contributed by atoms with Crippen LogP contribution in [-0.2, 0) is 11.3 Å². The minimum absolute atomic E-state index is 0.174. The van der Waals surface area contributed by atoms with E-state index in [1.165, 1.54) is 5.56 Å². The highest BCUT2D eigenvalue weighted by Crippen LogP contribution is 2.24. The van der Waals surface area contributed by atoms with Crippen molar-refractivity contribution < 1.29 is 9.26 Å². The Labute approximate surface area is 140 Å². The summed E-state index contributed by atoms with van der Waals surface area (Å²) in [6, 6.07) is 20.3. The van der Waals surface area contributed by atoms with E-state index >= 15 is 0 Å². The van der Waals surface area contributed by atoms with Gasteiger partial charge in [0.15, 0.2) is 0 Å². The molecule has 1 aliphatic heterocycles. The van der Waals surface area contributed by atoms with Gasteiger partial charge in [-0.15, -0.1) is 0 Å². The number of rotatable bonds is 4. The van der Waals surface area contributed by atoms with Gasteiger partial charge in [-0.25, -0.2) is 0 Å². The van der Waals surface area contributed by atoms with Crippen molar-refractivity contribution in [3.8, 4) is 11.4 Å². The second-order valence-electron chi connectivity index (χ2n) is 5.90. The van der Waals surface area contributed by atoms with Gasteiger partial charge >= 0.3 is 0 Å². The van der Waals surface area contributed by atoms with Crippen molar-refractivity contribution in [2.45, 2.75) is 12.6 Å². The summed E-state index contributed by atoms with van der Waals surface area (Å²) in [5, 5.41) is 4.09. The van der Waals surface area contributed by atoms with Crippen LogP contribution in [0.25, 0.3) is 11.4 Å². The first kappa shape index (κ1) is 15.1. The SMILES string of the molecule is c1ccc(CN2CCO[C@@H](c3nc(-c4ccccc4)no3)C2)cc1. The fourth-order valence-corrected chi connectivity index (χ4v) is 2.91.